The van der Waals surface area contributed by atoms with Crippen LogP contribution >= 0.6 is 0 Å². The molecule has 0 aliphatic rings. The van der Waals surface area contributed by atoms with Crippen molar-refractivity contribution in [2.45, 2.75) is 20.4 Å². The number of pyridine rings is 2. The smallest absolute Gasteiger partial charge is 0.253 e. The van der Waals surface area contributed by atoms with Gasteiger partial charge >= 0.3 is 0 Å². The third kappa shape index (κ3) is 2.88. The number of nitrogen functional groups attached to an aromatic ring is 1. The number of nitrogens with one attached hydrogen (secondary N) is 2. The second-order valence-electron chi connectivity index (χ2n) is 5.55. The molecule has 0 spiro atoms. The Morgan fingerprint density at radius 1 is 1.26 bits per heavy atom. The highest BCUT2D eigenvalue weighted by atomic mass is 19.1. The average molecular weight is 312 g/mol. The molecule has 0 saturated heterocycles. The highest BCUT2D eigenvalue weighted by molar-refractivity contribution is 5.99. The van der Waals surface area contributed by atoms with Gasteiger partial charge in [-0.2, -0.15) is 0 Å². The Labute approximate surface area is 132 Å². The van der Waals surface area contributed by atoms with Gasteiger partial charge in [0.05, 0.1) is 0 Å². The van der Waals surface area contributed by atoms with E-state index in [-0.39, 0.29) is 5.56 Å². The van der Waals surface area contributed by atoms with Gasteiger partial charge < -0.3 is 16.0 Å². The first-order chi connectivity index (χ1) is 11.0. The fraction of sp³-hybridized carbons (Fsp3) is 0.176. The van der Waals surface area contributed by atoms with E-state index >= 15 is 0 Å². The molecule has 0 amide bonds. The molecule has 1 aromatic carbocycles. The van der Waals surface area contributed by atoms with Crippen LogP contribution in [0.4, 0.5) is 15.9 Å². The number of rotatable bonds is 3. The molecule has 0 aliphatic carbocycles. The van der Waals surface area contributed by atoms with E-state index in [9.17, 15) is 9.18 Å². The zero-order chi connectivity index (χ0) is 16.6. The molecule has 0 saturated carbocycles. The number of nitrogens with two attached hydrogens (primary N) is 1. The van der Waals surface area contributed by atoms with Gasteiger partial charge in [0.25, 0.3) is 5.56 Å². The summed E-state index contributed by atoms with van der Waals surface area (Å²) >= 11 is 0. The summed E-state index contributed by atoms with van der Waals surface area (Å²) < 4.78 is 13.6. The van der Waals surface area contributed by atoms with E-state index < -0.39 is 5.82 Å². The molecule has 3 aromatic rings. The molecule has 0 atom stereocenters. The van der Waals surface area contributed by atoms with E-state index in [1.165, 1.54) is 12.1 Å². The molecule has 0 unspecified atom stereocenters. The summed E-state index contributed by atoms with van der Waals surface area (Å²) in [5, 5.41) is 4.42. The van der Waals surface area contributed by atoms with Crippen LogP contribution in [0.15, 0.2) is 35.3 Å². The topological polar surface area (TPSA) is 83.8 Å². The first-order valence-corrected chi connectivity index (χ1v) is 7.22. The van der Waals surface area contributed by atoms with Crippen LogP contribution in [0.3, 0.4) is 0 Å². The maximum absolute atomic E-state index is 13.6. The van der Waals surface area contributed by atoms with Crippen LogP contribution in [0.2, 0.25) is 0 Å². The van der Waals surface area contributed by atoms with Crippen molar-refractivity contribution in [3.63, 3.8) is 0 Å². The summed E-state index contributed by atoms with van der Waals surface area (Å²) in [5.41, 5.74) is 8.40. The number of aryl methyl sites for hydroxylation is 2. The van der Waals surface area contributed by atoms with Crippen LogP contribution in [0.25, 0.3) is 10.8 Å². The van der Waals surface area contributed by atoms with Gasteiger partial charge in [0.15, 0.2) is 0 Å². The maximum Gasteiger partial charge on any atom is 0.253 e. The zero-order valence-corrected chi connectivity index (χ0v) is 12.9. The Balaban J connectivity index is 1.99. The fourth-order valence-electron chi connectivity index (χ4n) is 2.69. The third-order valence-corrected chi connectivity index (χ3v) is 3.80. The van der Waals surface area contributed by atoms with Crippen LogP contribution in [-0.2, 0) is 6.54 Å². The lowest BCUT2D eigenvalue weighted by Crippen LogP contribution is -2.18. The SMILES string of the molecule is Cc1cc(C)c(CNc2nccc3c(N)cc(F)cc23)c(=O)[nH]1. The van der Waals surface area contributed by atoms with Crippen molar-refractivity contribution in [3.05, 3.63) is 63.5 Å². The number of halogens is 1. The number of hydrogen-bond donors (Lipinski definition) is 3. The summed E-state index contributed by atoms with van der Waals surface area (Å²) in [7, 11) is 0. The first kappa shape index (κ1) is 15.0. The molecular weight excluding hydrogens is 295 g/mol. The van der Waals surface area contributed by atoms with Gasteiger partial charge in [-0.1, -0.05) is 0 Å². The van der Waals surface area contributed by atoms with Crippen molar-refractivity contribution in [1.82, 2.24) is 9.97 Å². The van der Waals surface area contributed by atoms with Crippen molar-refractivity contribution in [2.24, 2.45) is 0 Å². The van der Waals surface area contributed by atoms with Crippen LogP contribution in [0, 0.1) is 19.7 Å². The largest absolute Gasteiger partial charge is 0.398 e. The van der Waals surface area contributed by atoms with E-state index in [1.54, 1.807) is 12.3 Å². The predicted molar refractivity (Wildman–Crippen MR) is 90.0 cm³/mol. The van der Waals surface area contributed by atoms with E-state index in [0.29, 0.717) is 29.0 Å². The minimum Gasteiger partial charge on any atom is -0.398 e. The van der Waals surface area contributed by atoms with Crippen LogP contribution in [-0.4, -0.2) is 9.97 Å². The van der Waals surface area contributed by atoms with E-state index in [1.807, 2.05) is 19.9 Å². The normalized spacial score (nSPS) is 10.9. The van der Waals surface area contributed by atoms with Gasteiger partial charge in [0.1, 0.15) is 11.6 Å². The molecule has 5 nitrogen and oxygen atoms in total. The molecular formula is C17H17FN4O. The van der Waals surface area contributed by atoms with Crippen LogP contribution < -0.4 is 16.6 Å². The number of anilines is 2. The summed E-state index contributed by atoms with van der Waals surface area (Å²) in [6.07, 6.45) is 1.60. The lowest BCUT2D eigenvalue weighted by molar-refractivity contribution is 0.630. The molecule has 23 heavy (non-hydrogen) atoms. The molecule has 0 bridgehead atoms. The molecule has 2 heterocycles. The van der Waals surface area contributed by atoms with Gasteiger partial charge in [0, 0.05) is 40.5 Å². The average Bonchev–Trinajstić information content (AvgIpc) is 2.46. The third-order valence-electron chi connectivity index (χ3n) is 3.80. The maximum atomic E-state index is 13.6. The second-order valence-corrected chi connectivity index (χ2v) is 5.55. The number of nitrogens with zero attached hydrogens (tertiary/aromatic N) is 1. The molecule has 3 rings (SSSR count). The van der Waals surface area contributed by atoms with Gasteiger partial charge in [-0.05, 0) is 43.7 Å². The molecule has 0 fully saturated rings. The number of aromatic nitrogens is 2. The number of fused-ring (bicyclic) bond motifs is 1. The van der Waals surface area contributed by atoms with Gasteiger partial charge in [-0.25, -0.2) is 9.37 Å². The molecule has 4 N–H and O–H groups in total. The van der Waals surface area contributed by atoms with Gasteiger partial charge in [0.2, 0.25) is 0 Å². The summed E-state index contributed by atoms with van der Waals surface area (Å²) in [6.45, 7) is 4.01. The zero-order valence-electron chi connectivity index (χ0n) is 12.9. The predicted octanol–water partition coefficient (Wildman–Crippen LogP) is 2.87. The highest BCUT2D eigenvalue weighted by Gasteiger charge is 2.09. The van der Waals surface area contributed by atoms with Crippen molar-refractivity contribution in [1.29, 1.82) is 0 Å². The Kier molecular flexibility index (Phi) is 3.73. The Bertz CT molecular complexity index is 949. The standard InChI is InChI=1S/C17H17FN4O/c1-9-5-10(2)22-17(23)14(9)8-21-16-13-6-11(18)7-15(19)12(13)3-4-20-16/h3-7H,8,19H2,1-2H3,(H,20,21)(H,22,23). The highest BCUT2D eigenvalue weighted by Crippen LogP contribution is 2.27. The van der Waals surface area contributed by atoms with E-state index in [0.717, 1.165) is 16.6 Å². The van der Waals surface area contributed by atoms with Gasteiger partial charge in [-0.3, -0.25) is 4.79 Å². The van der Waals surface area contributed by atoms with Crippen molar-refractivity contribution in [3.8, 4) is 0 Å². The Morgan fingerprint density at radius 3 is 2.78 bits per heavy atom. The number of H-pyrrole nitrogens is 1. The molecule has 2 aromatic heterocycles. The summed E-state index contributed by atoms with van der Waals surface area (Å²) in [4.78, 5) is 19.1. The second kappa shape index (κ2) is 5.72. The lowest BCUT2D eigenvalue weighted by Gasteiger charge is -2.11. The monoisotopic (exact) mass is 312 g/mol. The fourth-order valence-corrected chi connectivity index (χ4v) is 2.69. The summed E-state index contributed by atoms with van der Waals surface area (Å²) in [6, 6.07) is 6.31. The minimum atomic E-state index is -0.421. The molecule has 0 radical (unpaired) electrons. The van der Waals surface area contributed by atoms with Crippen molar-refractivity contribution in [2.75, 3.05) is 11.1 Å². The Hall–Kier alpha value is -2.89. The van der Waals surface area contributed by atoms with Crippen molar-refractivity contribution >= 4 is 22.3 Å². The molecule has 0 aliphatic heterocycles. The summed E-state index contributed by atoms with van der Waals surface area (Å²) in [5.74, 6) is 0.0727. The van der Waals surface area contributed by atoms with Crippen LogP contribution in [0.1, 0.15) is 16.8 Å². The lowest BCUT2D eigenvalue weighted by atomic mass is 10.1. The first-order valence-electron chi connectivity index (χ1n) is 7.22. The van der Waals surface area contributed by atoms with Gasteiger partial charge in [-0.15, -0.1) is 0 Å². The van der Waals surface area contributed by atoms with E-state index in [4.69, 9.17) is 5.73 Å². The van der Waals surface area contributed by atoms with Crippen molar-refractivity contribution < 1.29 is 4.39 Å². The van der Waals surface area contributed by atoms with Crippen LogP contribution in [0.5, 0.6) is 0 Å². The number of aromatic amines is 1. The quantitative estimate of drug-likeness (QED) is 0.649. The number of benzene rings is 1. The Morgan fingerprint density at radius 2 is 2.04 bits per heavy atom. The molecule has 6 heteroatoms. The molecule has 118 valence electrons. The number of hydrogen-bond acceptors (Lipinski definition) is 4. The minimum absolute atomic E-state index is 0.138. The van der Waals surface area contributed by atoms with E-state index in [2.05, 4.69) is 15.3 Å².